The fraction of sp³-hybridized carbons (Fsp3) is 0.571. The van der Waals surface area contributed by atoms with Crippen LogP contribution >= 0.6 is 15.9 Å². The molecule has 0 saturated heterocycles. The van der Waals surface area contributed by atoms with Crippen LogP contribution in [0.25, 0.3) is 0 Å². The van der Waals surface area contributed by atoms with E-state index in [0.717, 1.165) is 28.8 Å². The van der Waals surface area contributed by atoms with Gasteiger partial charge in [0.05, 0.1) is 14.2 Å². The molecule has 1 atom stereocenters. The second-order valence-corrected chi connectivity index (χ2v) is 5.89. The molecule has 1 aliphatic rings. The maximum absolute atomic E-state index is 6.19. The van der Waals surface area contributed by atoms with E-state index in [4.69, 9.17) is 15.2 Å². The molecule has 0 bridgehead atoms. The van der Waals surface area contributed by atoms with E-state index in [2.05, 4.69) is 29.8 Å². The first-order valence-corrected chi connectivity index (χ1v) is 6.94. The topological polar surface area (TPSA) is 44.5 Å². The zero-order valence-corrected chi connectivity index (χ0v) is 12.9. The van der Waals surface area contributed by atoms with Gasteiger partial charge in [0, 0.05) is 21.5 Å². The number of benzene rings is 1. The Morgan fingerprint density at radius 3 is 2.33 bits per heavy atom. The molecule has 0 radical (unpaired) electrons. The van der Waals surface area contributed by atoms with Crippen LogP contribution in [0.3, 0.4) is 0 Å². The van der Waals surface area contributed by atoms with Crippen molar-refractivity contribution in [1.29, 1.82) is 0 Å². The van der Waals surface area contributed by atoms with Crippen LogP contribution in [0.1, 0.15) is 30.9 Å². The second kappa shape index (κ2) is 4.74. The molecular formula is C14H20BrNO2. The Kier molecular flexibility index (Phi) is 3.60. The molecule has 0 spiro atoms. The molecule has 0 aliphatic heterocycles. The lowest BCUT2D eigenvalue weighted by molar-refractivity contribution is 0.345. The molecule has 0 amide bonds. The molecule has 1 fully saturated rings. The minimum atomic E-state index is 0.0481. The Labute approximate surface area is 117 Å². The van der Waals surface area contributed by atoms with Crippen molar-refractivity contribution in [2.75, 3.05) is 14.2 Å². The predicted molar refractivity (Wildman–Crippen MR) is 76.5 cm³/mol. The van der Waals surface area contributed by atoms with Gasteiger partial charge in [0.1, 0.15) is 0 Å². The Morgan fingerprint density at radius 2 is 1.94 bits per heavy atom. The van der Waals surface area contributed by atoms with Gasteiger partial charge in [-0.25, -0.2) is 0 Å². The van der Waals surface area contributed by atoms with Crippen molar-refractivity contribution in [3.05, 3.63) is 21.7 Å². The van der Waals surface area contributed by atoms with Crippen molar-refractivity contribution in [1.82, 2.24) is 0 Å². The lowest BCUT2D eigenvalue weighted by Crippen LogP contribution is -2.32. The Hall–Kier alpha value is -0.740. The number of halogens is 1. The van der Waals surface area contributed by atoms with Crippen molar-refractivity contribution >= 4 is 15.9 Å². The van der Waals surface area contributed by atoms with Crippen LogP contribution in [-0.2, 0) is 5.41 Å². The smallest absolute Gasteiger partial charge is 0.164 e. The molecule has 1 unspecified atom stereocenters. The summed E-state index contributed by atoms with van der Waals surface area (Å²) >= 11 is 3.59. The summed E-state index contributed by atoms with van der Waals surface area (Å²) in [7, 11) is 3.35. The molecular weight excluding hydrogens is 294 g/mol. The fourth-order valence-electron chi connectivity index (χ4n) is 2.72. The van der Waals surface area contributed by atoms with E-state index in [1.807, 2.05) is 6.07 Å². The molecule has 100 valence electrons. The van der Waals surface area contributed by atoms with Gasteiger partial charge in [0.2, 0.25) is 0 Å². The number of ether oxygens (including phenoxy) is 2. The van der Waals surface area contributed by atoms with Gasteiger partial charge >= 0.3 is 0 Å². The summed E-state index contributed by atoms with van der Waals surface area (Å²) in [5, 5.41) is 0. The summed E-state index contributed by atoms with van der Waals surface area (Å²) in [6.45, 7) is 4.17. The first kappa shape index (κ1) is 13.7. The number of rotatable bonds is 4. The van der Waals surface area contributed by atoms with Gasteiger partial charge in [-0.15, -0.1) is 0 Å². The lowest BCUT2D eigenvalue weighted by Gasteiger charge is -2.26. The summed E-state index contributed by atoms with van der Waals surface area (Å²) in [6.07, 6.45) is 2.23. The highest BCUT2D eigenvalue weighted by molar-refractivity contribution is 9.10. The zero-order valence-electron chi connectivity index (χ0n) is 11.3. The fourth-order valence-corrected chi connectivity index (χ4v) is 3.13. The van der Waals surface area contributed by atoms with Crippen molar-refractivity contribution < 1.29 is 9.47 Å². The number of hydrogen-bond donors (Lipinski definition) is 1. The van der Waals surface area contributed by atoms with E-state index in [0.29, 0.717) is 0 Å². The van der Waals surface area contributed by atoms with Gasteiger partial charge in [-0.2, -0.15) is 0 Å². The van der Waals surface area contributed by atoms with E-state index in [1.54, 1.807) is 14.2 Å². The van der Waals surface area contributed by atoms with Gasteiger partial charge in [-0.1, -0.05) is 15.9 Å². The number of nitrogens with two attached hydrogens (primary N) is 1. The summed E-state index contributed by atoms with van der Waals surface area (Å²) in [6, 6.07) is 2.07. The van der Waals surface area contributed by atoms with Crippen molar-refractivity contribution in [3.8, 4) is 11.5 Å². The standard InChI is InChI=1S/C14H20BrNO2/c1-8-10(15)7-11(17-3)13(18-4)12(8)14(5-6-14)9(2)16/h7,9H,5-6,16H2,1-4H3. The van der Waals surface area contributed by atoms with Crippen LogP contribution in [0, 0.1) is 6.92 Å². The minimum Gasteiger partial charge on any atom is -0.493 e. The third-order valence-electron chi connectivity index (χ3n) is 4.02. The van der Waals surface area contributed by atoms with Crippen LogP contribution in [0.15, 0.2) is 10.5 Å². The van der Waals surface area contributed by atoms with Gasteiger partial charge in [0.15, 0.2) is 11.5 Å². The van der Waals surface area contributed by atoms with E-state index < -0.39 is 0 Å². The summed E-state index contributed by atoms with van der Waals surface area (Å²) in [5.74, 6) is 1.59. The van der Waals surface area contributed by atoms with Gasteiger partial charge in [-0.3, -0.25) is 0 Å². The molecule has 1 aliphatic carbocycles. The summed E-state index contributed by atoms with van der Waals surface area (Å²) in [4.78, 5) is 0. The number of hydrogen-bond acceptors (Lipinski definition) is 3. The highest BCUT2D eigenvalue weighted by Crippen LogP contribution is 2.57. The first-order chi connectivity index (χ1) is 8.47. The average Bonchev–Trinajstić information content (AvgIpc) is 3.12. The molecule has 0 aromatic heterocycles. The lowest BCUT2D eigenvalue weighted by atomic mass is 9.85. The van der Waals surface area contributed by atoms with E-state index >= 15 is 0 Å². The zero-order chi connectivity index (χ0) is 13.5. The highest BCUT2D eigenvalue weighted by atomic mass is 79.9. The first-order valence-electron chi connectivity index (χ1n) is 6.15. The Bertz CT molecular complexity index is 467. The molecule has 2 N–H and O–H groups in total. The van der Waals surface area contributed by atoms with Crippen molar-refractivity contribution in [3.63, 3.8) is 0 Å². The van der Waals surface area contributed by atoms with E-state index in [9.17, 15) is 0 Å². The molecule has 0 heterocycles. The highest BCUT2D eigenvalue weighted by Gasteiger charge is 2.50. The molecule has 2 rings (SSSR count). The van der Waals surface area contributed by atoms with Gasteiger partial charge in [0.25, 0.3) is 0 Å². The maximum Gasteiger partial charge on any atom is 0.164 e. The van der Waals surface area contributed by atoms with E-state index in [1.165, 1.54) is 11.1 Å². The van der Waals surface area contributed by atoms with Crippen molar-refractivity contribution in [2.24, 2.45) is 5.73 Å². The largest absolute Gasteiger partial charge is 0.493 e. The normalized spacial score (nSPS) is 18.3. The van der Waals surface area contributed by atoms with Crippen LogP contribution in [0.2, 0.25) is 0 Å². The van der Waals surface area contributed by atoms with Gasteiger partial charge < -0.3 is 15.2 Å². The Morgan fingerprint density at radius 1 is 1.33 bits per heavy atom. The average molecular weight is 314 g/mol. The molecule has 4 heteroatoms. The Balaban J connectivity index is 2.68. The summed E-state index contributed by atoms with van der Waals surface area (Å²) in [5.41, 5.74) is 8.63. The molecule has 1 aromatic carbocycles. The van der Waals surface area contributed by atoms with Crippen LogP contribution in [0.4, 0.5) is 0 Å². The van der Waals surface area contributed by atoms with Gasteiger partial charge in [-0.05, 0) is 38.3 Å². The van der Waals surface area contributed by atoms with Crippen molar-refractivity contribution in [2.45, 2.75) is 38.1 Å². The second-order valence-electron chi connectivity index (χ2n) is 5.04. The van der Waals surface area contributed by atoms with Crippen LogP contribution < -0.4 is 15.2 Å². The maximum atomic E-state index is 6.19. The quantitative estimate of drug-likeness (QED) is 0.928. The molecule has 1 aromatic rings. The molecule has 3 nitrogen and oxygen atoms in total. The molecule has 18 heavy (non-hydrogen) atoms. The molecule has 1 saturated carbocycles. The SMILES string of the molecule is COc1cc(Br)c(C)c(C2(C(C)N)CC2)c1OC. The van der Waals surface area contributed by atoms with Crippen LogP contribution in [-0.4, -0.2) is 20.3 Å². The van der Waals surface area contributed by atoms with E-state index in [-0.39, 0.29) is 11.5 Å². The summed E-state index contributed by atoms with van der Waals surface area (Å²) < 4.78 is 12.0. The third-order valence-corrected chi connectivity index (χ3v) is 4.85. The van der Waals surface area contributed by atoms with Crippen LogP contribution in [0.5, 0.6) is 11.5 Å². The monoisotopic (exact) mass is 313 g/mol. The minimum absolute atomic E-state index is 0.0481. The predicted octanol–water partition coefficient (Wildman–Crippen LogP) is 3.15. The number of methoxy groups -OCH3 is 2. The third kappa shape index (κ3) is 1.91.